The van der Waals surface area contributed by atoms with Crippen LogP contribution >= 0.6 is 0 Å². The Hall–Kier alpha value is -0.870. The highest BCUT2D eigenvalue weighted by atomic mass is 16.5. The summed E-state index contributed by atoms with van der Waals surface area (Å²) < 4.78 is 5.82. The summed E-state index contributed by atoms with van der Waals surface area (Å²) in [6.45, 7) is 5.21. The Morgan fingerprint density at radius 1 is 1.33 bits per heavy atom. The van der Waals surface area contributed by atoms with Crippen LogP contribution in [0.5, 0.6) is 0 Å². The molecule has 1 N–H and O–H groups in total. The number of morpholine rings is 1. The van der Waals surface area contributed by atoms with Gasteiger partial charge in [-0.15, -0.1) is 0 Å². The first-order valence-electron chi connectivity index (χ1n) is 7.09. The molecule has 1 amide bonds. The van der Waals surface area contributed by atoms with Crippen LogP contribution in [-0.4, -0.2) is 49.2 Å². The second-order valence-corrected chi connectivity index (χ2v) is 5.59. The molecule has 4 nitrogen and oxygen atoms in total. The average Bonchev–Trinajstić information content (AvgIpc) is 2.35. The number of hydrogen-bond donors (Lipinski definition) is 1. The van der Waals surface area contributed by atoms with Crippen LogP contribution in [0, 0.1) is 0 Å². The SMILES string of the molecule is CC(C(=O)N1CCOC2CCCCC21)=C1CNC1. The molecule has 100 valence electrons. The van der Waals surface area contributed by atoms with Crippen molar-refractivity contribution >= 4 is 5.91 Å². The van der Waals surface area contributed by atoms with Crippen LogP contribution in [0.25, 0.3) is 0 Å². The summed E-state index contributed by atoms with van der Waals surface area (Å²) in [7, 11) is 0. The van der Waals surface area contributed by atoms with E-state index < -0.39 is 0 Å². The zero-order valence-electron chi connectivity index (χ0n) is 11.1. The molecule has 2 saturated heterocycles. The molecule has 0 aromatic heterocycles. The average molecular weight is 250 g/mol. The lowest BCUT2D eigenvalue weighted by molar-refractivity contribution is -0.145. The maximum absolute atomic E-state index is 12.6. The van der Waals surface area contributed by atoms with E-state index in [0.717, 1.165) is 38.0 Å². The minimum Gasteiger partial charge on any atom is -0.374 e. The number of nitrogens with zero attached hydrogens (tertiary/aromatic N) is 1. The highest BCUT2D eigenvalue weighted by Crippen LogP contribution is 2.29. The molecule has 0 aromatic carbocycles. The van der Waals surface area contributed by atoms with Gasteiger partial charge in [0, 0.05) is 25.2 Å². The fourth-order valence-corrected chi connectivity index (χ4v) is 3.23. The molecule has 0 radical (unpaired) electrons. The molecule has 0 bridgehead atoms. The van der Waals surface area contributed by atoms with E-state index in [1.807, 2.05) is 6.92 Å². The minimum atomic E-state index is 0.242. The fraction of sp³-hybridized carbons (Fsp3) is 0.786. The monoisotopic (exact) mass is 250 g/mol. The molecular weight excluding hydrogens is 228 g/mol. The van der Waals surface area contributed by atoms with Crippen molar-refractivity contribution in [3.05, 3.63) is 11.1 Å². The first-order chi connectivity index (χ1) is 8.77. The van der Waals surface area contributed by atoms with Gasteiger partial charge in [-0.1, -0.05) is 12.8 Å². The molecular formula is C14H22N2O2. The smallest absolute Gasteiger partial charge is 0.249 e. The largest absolute Gasteiger partial charge is 0.374 e. The van der Waals surface area contributed by atoms with Crippen molar-refractivity contribution in [2.75, 3.05) is 26.2 Å². The van der Waals surface area contributed by atoms with E-state index in [-0.39, 0.29) is 12.0 Å². The lowest BCUT2D eigenvalue weighted by atomic mass is 9.89. The number of fused-ring (bicyclic) bond motifs is 1. The second-order valence-electron chi connectivity index (χ2n) is 5.59. The third-order valence-corrected chi connectivity index (χ3v) is 4.52. The van der Waals surface area contributed by atoms with E-state index in [0.29, 0.717) is 12.6 Å². The van der Waals surface area contributed by atoms with Gasteiger partial charge in [0.05, 0.1) is 18.8 Å². The van der Waals surface area contributed by atoms with Gasteiger partial charge in [-0.25, -0.2) is 0 Å². The van der Waals surface area contributed by atoms with Gasteiger partial charge in [-0.3, -0.25) is 4.79 Å². The van der Waals surface area contributed by atoms with Crippen LogP contribution in [0.2, 0.25) is 0 Å². The van der Waals surface area contributed by atoms with Crippen LogP contribution in [0.1, 0.15) is 32.6 Å². The third-order valence-electron chi connectivity index (χ3n) is 4.52. The topological polar surface area (TPSA) is 41.6 Å². The van der Waals surface area contributed by atoms with Crippen molar-refractivity contribution in [3.8, 4) is 0 Å². The Labute approximate surface area is 108 Å². The van der Waals surface area contributed by atoms with Gasteiger partial charge in [-0.2, -0.15) is 0 Å². The molecule has 1 saturated carbocycles. The van der Waals surface area contributed by atoms with Crippen LogP contribution in [0.4, 0.5) is 0 Å². The number of amides is 1. The van der Waals surface area contributed by atoms with E-state index in [1.54, 1.807) is 0 Å². The molecule has 0 aromatic rings. The Bertz CT molecular complexity index is 370. The summed E-state index contributed by atoms with van der Waals surface area (Å²) >= 11 is 0. The molecule has 1 aliphatic carbocycles. The molecule has 2 atom stereocenters. The van der Waals surface area contributed by atoms with Gasteiger partial charge in [-0.05, 0) is 25.3 Å². The summed E-state index contributed by atoms with van der Waals surface area (Å²) in [5, 5.41) is 3.20. The first-order valence-corrected chi connectivity index (χ1v) is 7.09. The number of nitrogens with one attached hydrogen (secondary N) is 1. The molecule has 2 aliphatic heterocycles. The Morgan fingerprint density at radius 3 is 2.83 bits per heavy atom. The minimum absolute atomic E-state index is 0.242. The van der Waals surface area contributed by atoms with Crippen molar-refractivity contribution in [2.24, 2.45) is 0 Å². The molecule has 0 spiro atoms. The quantitative estimate of drug-likeness (QED) is 0.708. The van der Waals surface area contributed by atoms with E-state index >= 15 is 0 Å². The van der Waals surface area contributed by atoms with E-state index in [1.165, 1.54) is 18.4 Å². The van der Waals surface area contributed by atoms with Gasteiger partial charge >= 0.3 is 0 Å². The van der Waals surface area contributed by atoms with Gasteiger partial charge in [0.1, 0.15) is 0 Å². The number of hydrogen-bond acceptors (Lipinski definition) is 3. The Balaban J connectivity index is 1.75. The van der Waals surface area contributed by atoms with Crippen LogP contribution < -0.4 is 5.32 Å². The van der Waals surface area contributed by atoms with Crippen LogP contribution in [0.15, 0.2) is 11.1 Å². The summed E-state index contributed by atoms with van der Waals surface area (Å²) in [5.74, 6) is 0.242. The van der Waals surface area contributed by atoms with Crippen molar-refractivity contribution in [1.82, 2.24) is 10.2 Å². The molecule has 2 heterocycles. The molecule has 18 heavy (non-hydrogen) atoms. The van der Waals surface area contributed by atoms with Crippen molar-refractivity contribution in [1.29, 1.82) is 0 Å². The Morgan fingerprint density at radius 2 is 2.11 bits per heavy atom. The predicted octanol–water partition coefficient (Wildman–Crippen LogP) is 1.08. The van der Waals surface area contributed by atoms with Crippen LogP contribution in [-0.2, 0) is 9.53 Å². The second kappa shape index (κ2) is 5.02. The van der Waals surface area contributed by atoms with Crippen LogP contribution in [0.3, 0.4) is 0 Å². The van der Waals surface area contributed by atoms with Crippen molar-refractivity contribution < 1.29 is 9.53 Å². The number of carbonyl (C=O) groups excluding carboxylic acids is 1. The highest BCUT2D eigenvalue weighted by molar-refractivity contribution is 5.94. The van der Waals surface area contributed by atoms with Crippen molar-refractivity contribution in [3.63, 3.8) is 0 Å². The van der Waals surface area contributed by atoms with E-state index in [4.69, 9.17) is 4.74 Å². The Kier molecular flexibility index (Phi) is 3.39. The zero-order valence-corrected chi connectivity index (χ0v) is 11.1. The molecule has 3 fully saturated rings. The number of ether oxygens (including phenoxy) is 1. The number of rotatable bonds is 1. The third kappa shape index (κ3) is 2.08. The zero-order chi connectivity index (χ0) is 12.5. The summed E-state index contributed by atoms with van der Waals surface area (Å²) in [6.07, 6.45) is 4.98. The fourth-order valence-electron chi connectivity index (χ4n) is 3.23. The van der Waals surface area contributed by atoms with Gasteiger partial charge < -0.3 is 15.0 Å². The highest BCUT2D eigenvalue weighted by Gasteiger charge is 2.37. The van der Waals surface area contributed by atoms with E-state index in [9.17, 15) is 4.79 Å². The van der Waals surface area contributed by atoms with Gasteiger partial charge in [0.25, 0.3) is 0 Å². The van der Waals surface area contributed by atoms with Gasteiger partial charge in [0.2, 0.25) is 5.91 Å². The standard InChI is InChI=1S/C14H22N2O2/c1-10(11-8-15-9-11)14(17)16-6-7-18-13-5-3-2-4-12(13)16/h12-13,15H,2-9H2,1H3. The summed E-state index contributed by atoms with van der Waals surface area (Å²) in [5.41, 5.74) is 2.24. The summed E-state index contributed by atoms with van der Waals surface area (Å²) in [4.78, 5) is 14.6. The maximum atomic E-state index is 12.6. The molecule has 4 heteroatoms. The molecule has 2 unspecified atom stereocenters. The predicted molar refractivity (Wildman–Crippen MR) is 69.3 cm³/mol. The van der Waals surface area contributed by atoms with Crippen molar-refractivity contribution in [2.45, 2.75) is 44.8 Å². The lowest BCUT2D eigenvalue weighted by Crippen LogP contribution is -2.55. The maximum Gasteiger partial charge on any atom is 0.249 e. The van der Waals surface area contributed by atoms with Gasteiger partial charge in [0.15, 0.2) is 0 Å². The number of carbonyl (C=O) groups is 1. The molecule has 3 aliphatic rings. The lowest BCUT2D eigenvalue weighted by Gasteiger charge is -2.44. The molecule has 3 rings (SSSR count). The normalized spacial score (nSPS) is 31.6. The van der Waals surface area contributed by atoms with E-state index in [2.05, 4.69) is 10.2 Å². The first kappa shape index (κ1) is 12.2. The summed E-state index contributed by atoms with van der Waals surface area (Å²) in [6, 6.07) is 0.323.